The van der Waals surface area contributed by atoms with Crippen molar-refractivity contribution in [2.45, 2.75) is 19.5 Å². The minimum absolute atomic E-state index is 0.0529. The Bertz CT molecular complexity index is 3330. The number of Topliss-reactive ketones (excluding diaryl/α,β-unsaturated/α-hetero) is 1. The minimum atomic E-state index is -0.977. The van der Waals surface area contributed by atoms with Crippen molar-refractivity contribution in [2.24, 2.45) is 0 Å². The summed E-state index contributed by atoms with van der Waals surface area (Å²) in [6.07, 6.45) is 18.4. The molecule has 6 aromatic carbocycles. The molecule has 0 spiro atoms. The molecular weight excluding hydrogens is 859 g/mol. The topological polar surface area (TPSA) is 152 Å². The highest BCUT2D eigenvalue weighted by molar-refractivity contribution is 5.98. The largest absolute Gasteiger partial charge is 0.478 e. The van der Waals surface area contributed by atoms with Gasteiger partial charge in [0.15, 0.2) is 5.78 Å². The molecule has 0 saturated carbocycles. The smallest absolute Gasteiger partial charge is 0.335 e. The number of nitrogens with zero attached hydrogens (tertiary/aromatic N) is 8. The number of carboxylic acids is 1. The van der Waals surface area contributed by atoms with Gasteiger partial charge in [0.05, 0.1) is 40.7 Å². The first-order valence-corrected chi connectivity index (χ1v) is 21.9. The summed E-state index contributed by atoms with van der Waals surface area (Å²) < 4.78 is 7.47. The van der Waals surface area contributed by atoms with Crippen molar-refractivity contribution in [3.63, 3.8) is 0 Å². The summed E-state index contributed by atoms with van der Waals surface area (Å²) in [6.45, 7) is 1.60. The van der Waals surface area contributed by atoms with E-state index in [9.17, 15) is 9.59 Å². The lowest BCUT2D eigenvalue weighted by Crippen LogP contribution is -2.06. The zero-order chi connectivity index (χ0) is 47.6. The maximum absolute atomic E-state index is 13.1. The number of nitrogen functional groups attached to an aromatic ring is 1. The third-order valence-electron chi connectivity index (χ3n) is 10.5. The van der Waals surface area contributed by atoms with E-state index < -0.39 is 5.97 Å². The number of benzene rings is 6. The van der Waals surface area contributed by atoms with E-state index in [0.717, 1.165) is 58.0 Å². The summed E-state index contributed by atoms with van der Waals surface area (Å²) in [6, 6.07) is 49.5. The lowest BCUT2D eigenvalue weighted by atomic mass is 9.99. The molecule has 12 heteroatoms. The van der Waals surface area contributed by atoms with Crippen LogP contribution in [0.15, 0.2) is 220 Å². The summed E-state index contributed by atoms with van der Waals surface area (Å²) in [5.74, 6) is 11.6. The number of anilines is 1. The van der Waals surface area contributed by atoms with Gasteiger partial charge >= 0.3 is 5.97 Å². The Hall–Kier alpha value is -9.78. The number of imidazole rings is 2. The summed E-state index contributed by atoms with van der Waals surface area (Å²) in [5.41, 5.74) is 15.3. The molecule has 4 heterocycles. The van der Waals surface area contributed by atoms with Crippen LogP contribution in [0.1, 0.15) is 59.7 Å². The molecule has 0 amide bonds. The van der Waals surface area contributed by atoms with Crippen LogP contribution in [-0.2, 0) is 19.5 Å². The number of carboxylic acid groups (broad SMARTS) is 1. The molecule has 4 aromatic heterocycles. The Morgan fingerprint density at radius 1 is 0.493 bits per heavy atom. The molecule has 0 unspecified atom stereocenters. The SMILES string of the molecule is Nc1ccc(Cn2ccnc2)cc1.O=C(Cc1ccc(Cn2ccnc2)cc1)c1ccc(-n2cccn2)c(C#Cc2ccccc2)c1.O=C(O)c1ccc(-n2cccn2)c(C#Cc2ccccc2)c1. The molecule has 0 bridgehead atoms. The van der Waals surface area contributed by atoms with E-state index in [4.69, 9.17) is 10.8 Å². The van der Waals surface area contributed by atoms with Crippen LogP contribution >= 0.6 is 0 Å². The van der Waals surface area contributed by atoms with Crippen LogP contribution in [0, 0.1) is 23.7 Å². The Morgan fingerprint density at radius 3 is 1.41 bits per heavy atom. The lowest BCUT2D eigenvalue weighted by molar-refractivity contribution is 0.0696. The molecule has 0 saturated heterocycles. The number of ketones is 1. The first kappa shape index (κ1) is 45.8. The number of carbonyl (C=O) groups excluding carboxylic acids is 1. The van der Waals surface area contributed by atoms with Gasteiger partial charge in [0, 0.05) is 91.5 Å². The molecular formula is C57H45N9O3. The second-order valence-corrected chi connectivity index (χ2v) is 15.5. The first-order chi connectivity index (χ1) is 33.8. The van der Waals surface area contributed by atoms with E-state index in [0.29, 0.717) is 17.5 Å². The molecule has 0 atom stereocenters. The first-order valence-electron chi connectivity index (χ1n) is 21.9. The molecule has 10 rings (SSSR count). The van der Waals surface area contributed by atoms with Crippen molar-refractivity contribution in [3.8, 4) is 35.1 Å². The predicted molar refractivity (Wildman–Crippen MR) is 267 cm³/mol. The molecule has 336 valence electrons. The number of aromatic nitrogens is 8. The second kappa shape index (κ2) is 22.9. The van der Waals surface area contributed by atoms with Gasteiger partial charge in [0.25, 0.3) is 0 Å². The summed E-state index contributed by atoms with van der Waals surface area (Å²) in [4.78, 5) is 32.3. The fourth-order valence-electron chi connectivity index (χ4n) is 6.98. The Morgan fingerprint density at radius 2 is 0.957 bits per heavy atom. The lowest BCUT2D eigenvalue weighted by Gasteiger charge is -2.09. The number of nitrogens with two attached hydrogens (primary N) is 1. The second-order valence-electron chi connectivity index (χ2n) is 15.5. The maximum atomic E-state index is 13.1. The highest BCUT2D eigenvalue weighted by Gasteiger charge is 2.12. The van der Waals surface area contributed by atoms with Gasteiger partial charge in [-0.25, -0.2) is 24.1 Å². The average molecular weight is 904 g/mol. The van der Waals surface area contributed by atoms with Gasteiger partial charge < -0.3 is 20.0 Å². The average Bonchev–Trinajstić information content (AvgIpc) is 4.26. The van der Waals surface area contributed by atoms with Gasteiger partial charge in [-0.15, -0.1) is 0 Å². The van der Waals surface area contributed by atoms with E-state index in [2.05, 4.69) is 56.0 Å². The summed E-state index contributed by atoms with van der Waals surface area (Å²) in [5, 5.41) is 17.7. The van der Waals surface area contributed by atoms with E-state index in [1.807, 2.05) is 149 Å². The number of aromatic carboxylic acids is 1. The van der Waals surface area contributed by atoms with Gasteiger partial charge in [-0.3, -0.25) is 4.79 Å². The molecule has 12 nitrogen and oxygen atoms in total. The van der Waals surface area contributed by atoms with Gasteiger partial charge in [-0.2, -0.15) is 10.2 Å². The Labute approximate surface area is 399 Å². The van der Waals surface area contributed by atoms with Gasteiger partial charge in [-0.05, 0) is 102 Å². The quantitative estimate of drug-likeness (QED) is 0.0783. The fourth-order valence-corrected chi connectivity index (χ4v) is 6.98. The van der Waals surface area contributed by atoms with E-state index in [-0.39, 0.29) is 11.3 Å². The number of hydrogen-bond donors (Lipinski definition) is 2. The molecule has 0 aliphatic carbocycles. The van der Waals surface area contributed by atoms with Crippen molar-refractivity contribution in [2.75, 3.05) is 5.73 Å². The zero-order valence-corrected chi connectivity index (χ0v) is 37.3. The third kappa shape index (κ3) is 13.2. The van der Waals surface area contributed by atoms with Crippen molar-refractivity contribution in [1.29, 1.82) is 0 Å². The van der Waals surface area contributed by atoms with Crippen LogP contribution in [-0.4, -0.2) is 55.5 Å². The fraction of sp³-hybridized carbons (Fsp3) is 0.0526. The zero-order valence-electron chi connectivity index (χ0n) is 37.3. The number of hydrogen-bond acceptors (Lipinski definition) is 7. The van der Waals surface area contributed by atoms with Crippen molar-refractivity contribution >= 4 is 17.4 Å². The Balaban J connectivity index is 0.000000156. The summed E-state index contributed by atoms with van der Waals surface area (Å²) >= 11 is 0. The maximum Gasteiger partial charge on any atom is 0.335 e. The van der Waals surface area contributed by atoms with Crippen LogP contribution in [0.5, 0.6) is 0 Å². The number of carbonyl (C=O) groups is 2. The standard InChI is InChI=1S/C29H22N4O.C18H12N2O2.C10H11N3/c34-29(19-24-7-9-25(10-8-24)21-32-18-16-30-22-32)27-13-14-28(33-17-4-15-31-33)26(20-27)12-11-23-5-2-1-3-6-23;21-18(22)16-9-10-17(20-12-4-11-19-20)15(13-16)8-7-14-5-2-1-3-6-14;11-10-3-1-9(2-4-10)7-13-6-5-12-8-13/h1-10,13-18,20,22H,19,21H2;1-6,9-13H,(H,21,22);1-6,8H,7,11H2. The highest BCUT2D eigenvalue weighted by Crippen LogP contribution is 2.19. The summed E-state index contributed by atoms with van der Waals surface area (Å²) in [7, 11) is 0. The highest BCUT2D eigenvalue weighted by atomic mass is 16.4. The molecule has 0 aliphatic rings. The molecule has 0 radical (unpaired) electrons. The van der Waals surface area contributed by atoms with Crippen LogP contribution in [0.3, 0.4) is 0 Å². The van der Waals surface area contributed by atoms with Crippen molar-refractivity contribution in [1.82, 2.24) is 38.7 Å². The van der Waals surface area contributed by atoms with Gasteiger partial charge in [-0.1, -0.05) is 96.5 Å². The molecule has 0 fully saturated rings. The number of rotatable bonds is 10. The van der Waals surface area contributed by atoms with Gasteiger partial charge in [0.2, 0.25) is 0 Å². The van der Waals surface area contributed by atoms with E-state index >= 15 is 0 Å². The van der Waals surface area contributed by atoms with Crippen molar-refractivity contribution < 1.29 is 14.7 Å². The molecule has 0 aliphatic heterocycles. The van der Waals surface area contributed by atoms with Crippen LogP contribution in [0.25, 0.3) is 11.4 Å². The Kier molecular flexibility index (Phi) is 15.2. The van der Waals surface area contributed by atoms with Crippen molar-refractivity contribution in [3.05, 3.63) is 270 Å². The molecule has 69 heavy (non-hydrogen) atoms. The normalized spacial score (nSPS) is 10.2. The monoisotopic (exact) mass is 903 g/mol. The van der Waals surface area contributed by atoms with E-state index in [1.54, 1.807) is 77.3 Å². The minimum Gasteiger partial charge on any atom is -0.478 e. The third-order valence-corrected chi connectivity index (χ3v) is 10.5. The van der Waals surface area contributed by atoms with Gasteiger partial charge in [0.1, 0.15) is 0 Å². The van der Waals surface area contributed by atoms with Crippen LogP contribution < -0.4 is 5.73 Å². The van der Waals surface area contributed by atoms with Crippen LogP contribution in [0.2, 0.25) is 0 Å². The molecule has 3 N–H and O–H groups in total. The predicted octanol–water partition coefficient (Wildman–Crippen LogP) is 9.43. The van der Waals surface area contributed by atoms with Crippen LogP contribution in [0.4, 0.5) is 5.69 Å². The van der Waals surface area contributed by atoms with E-state index in [1.165, 1.54) is 5.56 Å². The molecule has 10 aromatic rings.